The van der Waals surface area contributed by atoms with Crippen LogP contribution < -0.4 is 10.1 Å². The molecule has 2 aliphatic rings. The van der Waals surface area contributed by atoms with Crippen LogP contribution in [0.4, 0.5) is 5.95 Å². The number of anilines is 1. The summed E-state index contributed by atoms with van der Waals surface area (Å²) in [6.07, 6.45) is 1.44. The van der Waals surface area contributed by atoms with Gasteiger partial charge in [0.05, 0.1) is 7.11 Å². The smallest absolute Gasteiger partial charge is 0.227 e. The highest BCUT2D eigenvalue weighted by molar-refractivity contribution is 7.99. The molecule has 4 rings (SSSR count). The number of methoxy groups -OCH3 is 1. The van der Waals surface area contributed by atoms with Crippen LogP contribution in [0.15, 0.2) is 40.7 Å². The van der Waals surface area contributed by atoms with Crippen LogP contribution in [-0.2, 0) is 4.79 Å². The van der Waals surface area contributed by atoms with Crippen molar-refractivity contribution in [3.8, 4) is 5.75 Å². The number of benzene rings is 1. The van der Waals surface area contributed by atoms with Gasteiger partial charge in [0.15, 0.2) is 5.78 Å². The number of rotatable bonds is 4. The number of ether oxygens (including phenoxy) is 1. The Morgan fingerprint density at radius 2 is 2.08 bits per heavy atom. The van der Waals surface area contributed by atoms with Crippen LogP contribution in [0.25, 0.3) is 0 Å². The van der Waals surface area contributed by atoms with Gasteiger partial charge in [0.25, 0.3) is 0 Å². The first-order valence-electron chi connectivity index (χ1n) is 8.87. The van der Waals surface area contributed by atoms with Crippen molar-refractivity contribution in [3.05, 3.63) is 41.1 Å². The Kier molecular flexibility index (Phi) is 4.48. The number of nitrogens with zero attached hydrogens (tertiary/aromatic N) is 3. The van der Waals surface area contributed by atoms with E-state index >= 15 is 0 Å². The molecule has 1 aromatic heterocycles. The van der Waals surface area contributed by atoms with Crippen molar-refractivity contribution in [3.63, 3.8) is 0 Å². The van der Waals surface area contributed by atoms with Crippen molar-refractivity contribution in [1.82, 2.24) is 14.8 Å². The summed E-state index contributed by atoms with van der Waals surface area (Å²) in [5.41, 5.74) is 2.82. The molecule has 1 aliphatic heterocycles. The molecule has 2 aromatic rings. The van der Waals surface area contributed by atoms with E-state index < -0.39 is 0 Å². The van der Waals surface area contributed by atoms with Gasteiger partial charge in [-0.1, -0.05) is 37.7 Å². The lowest BCUT2D eigenvalue weighted by atomic mass is 9.81. The molecule has 7 heteroatoms. The van der Waals surface area contributed by atoms with Crippen molar-refractivity contribution in [2.24, 2.45) is 5.92 Å². The van der Waals surface area contributed by atoms with Crippen molar-refractivity contribution in [2.45, 2.75) is 37.9 Å². The summed E-state index contributed by atoms with van der Waals surface area (Å²) in [5.74, 6) is 2.94. The first-order chi connectivity index (χ1) is 12.6. The van der Waals surface area contributed by atoms with Gasteiger partial charge in [0.2, 0.25) is 11.1 Å². The molecule has 0 spiro atoms. The minimum Gasteiger partial charge on any atom is -0.497 e. The Morgan fingerprint density at radius 3 is 2.77 bits per heavy atom. The van der Waals surface area contributed by atoms with Crippen LogP contribution in [0.3, 0.4) is 0 Å². The summed E-state index contributed by atoms with van der Waals surface area (Å²) in [5, 5.41) is 8.78. The highest BCUT2D eigenvalue weighted by Gasteiger charge is 2.38. The molecule has 136 valence electrons. The molecule has 0 radical (unpaired) electrons. The van der Waals surface area contributed by atoms with Crippen LogP contribution in [0, 0.1) is 5.92 Å². The van der Waals surface area contributed by atoms with Gasteiger partial charge in [0.1, 0.15) is 11.8 Å². The average Bonchev–Trinajstić information content (AvgIpc) is 3.02. The maximum Gasteiger partial charge on any atom is 0.227 e. The number of nitrogens with one attached hydrogen (secondary N) is 1. The van der Waals surface area contributed by atoms with Gasteiger partial charge in [-0.3, -0.25) is 4.79 Å². The summed E-state index contributed by atoms with van der Waals surface area (Å²) in [6, 6.07) is 7.61. The second kappa shape index (κ2) is 6.79. The van der Waals surface area contributed by atoms with E-state index in [1.54, 1.807) is 18.9 Å². The molecule has 0 unspecified atom stereocenters. The molecule has 0 saturated carbocycles. The number of ketones is 1. The molecule has 1 aromatic carbocycles. The zero-order chi connectivity index (χ0) is 18.3. The number of allylic oxidation sites excluding steroid dienone is 2. The third-order valence-corrected chi connectivity index (χ3v) is 5.53. The van der Waals surface area contributed by atoms with Gasteiger partial charge >= 0.3 is 0 Å². The van der Waals surface area contributed by atoms with E-state index in [2.05, 4.69) is 29.2 Å². The lowest BCUT2D eigenvalue weighted by Crippen LogP contribution is -2.33. The van der Waals surface area contributed by atoms with Crippen molar-refractivity contribution in [2.75, 3.05) is 18.2 Å². The van der Waals surface area contributed by atoms with E-state index in [1.807, 2.05) is 28.9 Å². The molecule has 0 saturated heterocycles. The van der Waals surface area contributed by atoms with E-state index in [-0.39, 0.29) is 11.8 Å². The highest BCUT2D eigenvalue weighted by atomic mass is 32.2. The zero-order valence-corrected chi connectivity index (χ0v) is 16.0. The standard InChI is InChI=1S/C19H22N4O2S/c1-4-26-19-21-18-20-14-9-11(2)10-15(24)16(14)17(23(18)22-19)12-5-7-13(25-3)8-6-12/h5-8,11,17H,4,9-10H2,1-3H3,(H,20,21,22)/t11-,17-/m0/s1. The van der Waals surface area contributed by atoms with Crippen LogP contribution in [0.2, 0.25) is 0 Å². The molecule has 2 heterocycles. The number of Topliss-reactive ketones (excluding diaryl/α,β-unsaturated/α-hetero) is 1. The summed E-state index contributed by atoms with van der Waals surface area (Å²) in [6.45, 7) is 4.19. The zero-order valence-electron chi connectivity index (χ0n) is 15.2. The number of aromatic nitrogens is 3. The number of carbonyl (C=O) groups excluding carboxylic acids is 1. The maximum atomic E-state index is 12.9. The average molecular weight is 370 g/mol. The largest absolute Gasteiger partial charge is 0.497 e. The SMILES string of the molecule is CCSc1nc2n(n1)[C@@H](c1ccc(OC)cc1)C1=C(C[C@H](C)CC1=O)N2. The molecule has 1 N–H and O–H groups in total. The lowest BCUT2D eigenvalue weighted by molar-refractivity contribution is -0.117. The van der Waals surface area contributed by atoms with Gasteiger partial charge in [-0.15, -0.1) is 5.10 Å². The monoisotopic (exact) mass is 370 g/mol. The number of thioether (sulfide) groups is 1. The predicted octanol–water partition coefficient (Wildman–Crippen LogP) is 3.67. The van der Waals surface area contributed by atoms with Crippen molar-refractivity contribution >= 4 is 23.5 Å². The second-order valence-corrected chi connectivity index (χ2v) is 7.96. The predicted molar refractivity (Wildman–Crippen MR) is 102 cm³/mol. The first kappa shape index (κ1) is 17.1. The molecule has 2 atom stereocenters. The number of hydrogen-bond acceptors (Lipinski definition) is 6. The quantitative estimate of drug-likeness (QED) is 0.828. The molecule has 0 fully saturated rings. The number of hydrogen-bond donors (Lipinski definition) is 1. The van der Waals surface area contributed by atoms with Crippen molar-refractivity contribution < 1.29 is 9.53 Å². The van der Waals surface area contributed by atoms with Gasteiger partial charge in [-0.2, -0.15) is 4.98 Å². The molecular weight excluding hydrogens is 348 g/mol. The Labute approximate surface area is 157 Å². The van der Waals surface area contributed by atoms with E-state index in [9.17, 15) is 4.79 Å². The van der Waals surface area contributed by atoms with Gasteiger partial charge < -0.3 is 10.1 Å². The van der Waals surface area contributed by atoms with Crippen LogP contribution in [0.1, 0.15) is 38.3 Å². The van der Waals surface area contributed by atoms with Crippen LogP contribution >= 0.6 is 11.8 Å². The van der Waals surface area contributed by atoms with Gasteiger partial charge in [-0.25, -0.2) is 4.68 Å². The summed E-state index contributed by atoms with van der Waals surface area (Å²) < 4.78 is 7.13. The van der Waals surface area contributed by atoms with E-state index in [0.29, 0.717) is 18.3 Å². The molecule has 0 amide bonds. The van der Waals surface area contributed by atoms with Crippen LogP contribution in [-0.4, -0.2) is 33.4 Å². The van der Waals surface area contributed by atoms with E-state index in [4.69, 9.17) is 4.74 Å². The first-order valence-corrected chi connectivity index (χ1v) is 9.85. The normalized spacial score (nSPS) is 21.9. The molecule has 0 bridgehead atoms. The Bertz CT molecular complexity index is 872. The minimum absolute atomic E-state index is 0.193. The molecule has 26 heavy (non-hydrogen) atoms. The molecule has 1 aliphatic carbocycles. The Hall–Kier alpha value is -2.28. The number of carbonyl (C=O) groups is 1. The maximum absolute atomic E-state index is 12.9. The lowest BCUT2D eigenvalue weighted by Gasteiger charge is -2.34. The summed E-state index contributed by atoms with van der Waals surface area (Å²) in [7, 11) is 1.65. The Balaban J connectivity index is 1.84. The fourth-order valence-electron chi connectivity index (χ4n) is 3.67. The third kappa shape index (κ3) is 2.90. The van der Waals surface area contributed by atoms with Crippen molar-refractivity contribution in [1.29, 1.82) is 0 Å². The summed E-state index contributed by atoms with van der Waals surface area (Å²) in [4.78, 5) is 17.5. The van der Waals surface area contributed by atoms with Gasteiger partial charge in [0, 0.05) is 17.7 Å². The highest BCUT2D eigenvalue weighted by Crippen LogP contribution is 2.42. The minimum atomic E-state index is -0.245. The summed E-state index contributed by atoms with van der Waals surface area (Å²) >= 11 is 1.60. The van der Waals surface area contributed by atoms with E-state index in [1.165, 1.54) is 0 Å². The topological polar surface area (TPSA) is 69.0 Å². The van der Waals surface area contributed by atoms with Gasteiger partial charge in [-0.05, 0) is 35.8 Å². The molecular formula is C19H22N4O2S. The fraction of sp³-hybridized carbons (Fsp3) is 0.421. The Morgan fingerprint density at radius 1 is 1.31 bits per heavy atom. The molecule has 6 nitrogen and oxygen atoms in total. The van der Waals surface area contributed by atoms with Crippen LogP contribution in [0.5, 0.6) is 5.75 Å². The number of fused-ring (bicyclic) bond motifs is 1. The fourth-order valence-corrected chi connectivity index (χ4v) is 4.23. The van der Waals surface area contributed by atoms with E-state index in [0.717, 1.165) is 39.9 Å². The third-order valence-electron chi connectivity index (χ3n) is 4.81. The second-order valence-electron chi connectivity index (χ2n) is 6.73.